The zero-order chi connectivity index (χ0) is 5.98. The number of phenols is 1. The lowest BCUT2D eigenvalue weighted by molar-refractivity contribution is 0.475. The molecular formula is C6H11AlOSi. The Morgan fingerprint density at radius 3 is 1.89 bits per heavy atom. The first-order chi connectivity index (χ1) is 3.79. The summed E-state index contributed by atoms with van der Waals surface area (Å²) in [6.45, 7) is 0. The summed E-state index contributed by atoms with van der Waals surface area (Å²) in [5, 5.41) is 10.1. The van der Waals surface area contributed by atoms with Crippen molar-refractivity contribution in [2.45, 2.75) is 0 Å². The minimum absolute atomic E-state index is 0. The van der Waals surface area contributed by atoms with Gasteiger partial charge in [-0.05, 0) is 12.1 Å². The van der Waals surface area contributed by atoms with E-state index in [-0.39, 0.29) is 17.4 Å². The highest BCUT2D eigenvalue weighted by Crippen LogP contribution is 2.01. The maximum Gasteiger partial charge on any atom is 0.187 e. The molecule has 0 atom stereocenters. The van der Waals surface area contributed by atoms with Gasteiger partial charge in [0.2, 0.25) is 0 Å². The number of rotatable bonds is 0. The average molecular weight is 154 g/mol. The number of aromatic hydroxyl groups is 1. The quantitative estimate of drug-likeness (QED) is 0.437. The molecule has 0 amide bonds. The van der Waals surface area contributed by atoms with Crippen molar-refractivity contribution in [2.75, 3.05) is 0 Å². The van der Waals surface area contributed by atoms with Gasteiger partial charge in [0.15, 0.2) is 17.4 Å². The maximum atomic E-state index is 8.77. The molecule has 0 aromatic heterocycles. The van der Waals surface area contributed by atoms with E-state index in [2.05, 4.69) is 0 Å². The molecule has 0 bridgehead atoms. The molecule has 3 heteroatoms. The van der Waals surface area contributed by atoms with E-state index in [1.165, 1.54) is 5.19 Å². The van der Waals surface area contributed by atoms with Crippen LogP contribution >= 0.6 is 0 Å². The molecule has 1 nitrogen and oxygen atoms in total. The minimum Gasteiger partial charge on any atom is -0.508 e. The lowest BCUT2D eigenvalue weighted by Gasteiger charge is -1.89. The van der Waals surface area contributed by atoms with Crippen LogP contribution in [0.5, 0.6) is 5.75 Å². The van der Waals surface area contributed by atoms with Gasteiger partial charge < -0.3 is 5.11 Å². The molecule has 48 valence electrons. The Balaban J connectivity index is 0.000000640. The van der Waals surface area contributed by atoms with Crippen molar-refractivity contribution in [2.24, 2.45) is 0 Å². The van der Waals surface area contributed by atoms with Gasteiger partial charge in [0, 0.05) is 10.2 Å². The van der Waals surface area contributed by atoms with Crippen molar-refractivity contribution >= 4 is 32.8 Å². The van der Waals surface area contributed by atoms with Crippen LogP contribution in [0.4, 0.5) is 0 Å². The average Bonchev–Trinajstić information content (AvgIpc) is 1.77. The molecule has 0 saturated heterocycles. The molecule has 0 heterocycles. The molecule has 0 spiro atoms. The summed E-state index contributed by atoms with van der Waals surface area (Å²) in [5.41, 5.74) is 0. The van der Waals surface area contributed by atoms with Crippen molar-refractivity contribution in [1.82, 2.24) is 0 Å². The summed E-state index contributed by atoms with van der Waals surface area (Å²) < 4.78 is 0. The minimum atomic E-state index is 0. The summed E-state index contributed by atoms with van der Waals surface area (Å²) in [4.78, 5) is 0. The molecule has 0 aliphatic heterocycles. The van der Waals surface area contributed by atoms with Gasteiger partial charge in [0.05, 0.1) is 0 Å². The first-order valence-electron chi connectivity index (χ1n) is 2.54. The van der Waals surface area contributed by atoms with Gasteiger partial charge in [-0.25, -0.2) is 0 Å². The SMILES string of the molecule is Oc1ccc([SiH3])cc1.[AlH3]. The molecule has 1 N–H and O–H groups in total. The summed E-state index contributed by atoms with van der Waals surface area (Å²) in [7, 11) is 1.06. The maximum absolute atomic E-state index is 8.77. The van der Waals surface area contributed by atoms with E-state index in [9.17, 15) is 0 Å². The van der Waals surface area contributed by atoms with E-state index in [1.807, 2.05) is 12.1 Å². The van der Waals surface area contributed by atoms with Crippen molar-refractivity contribution in [3.8, 4) is 5.75 Å². The highest BCUT2D eigenvalue weighted by Gasteiger charge is 1.82. The third-order valence-electron chi connectivity index (χ3n) is 1.03. The Hall–Kier alpha value is -0.231. The molecule has 0 aliphatic rings. The predicted molar refractivity (Wildman–Crippen MR) is 47.6 cm³/mol. The Bertz CT molecular complexity index is 152. The largest absolute Gasteiger partial charge is 0.508 e. The van der Waals surface area contributed by atoms with Gasteiger partial charge in [0.1, 0.15) is 5.75 Å². The summed E-state index contributed by atoms with van der Waals surface area (Å²) in [6.07, 6.45) is 0. The highest BCUT2D eigenvalue weighted by atomic mass is 28.1. The standard InChI is InChI=1S/C6H8OSi.Al.3H/c7-5-1-3-6(8)4-2-5;;;;/h1-4,7H,8H3;;;;. The lowest BCUT2D eigenvalue weighted by atomic mass is 10.3. The smallest absolute Gasteiger partial charge is 0.187 e. The molecule has 0 saturated carbocycles. The molecule has 0 aliphatic carbocycles. The van der Waals surface area contributed by atoms with Crippen molar-refractivity contribution < 1.29 is 5.11 Å². The van der Waals surface area contributed by atoms with E-state index >= 15 is 0 Å². The Morgan fingerprint density at radius 2 is 1.56 bits per heavy atom. The van der Waals surface area contributed by atoms with E-state index in [1.54, 1.807) is 12.1 Å². The fourth-order valence-electron chi connectivity index (χ4n) is 0.545. The second kappa shape index (κ2) is 3.73. The van der Waals surface area contributed by atoms with Crippen molar-refractivity contribution in [3.63, 3.8) is 0 Å². The van der Waals surface area contributed by atoms with E-state index < -0.39 is 0 Å². The molecule has 1 rings (SSSR count). The second-order valence-electron chi connectivity index (χ2n) is 1.84. The van der Waals surface area contributed by atoms with Gasteiger partial charge in [-0.1, -0.05) is 17.3 Å². The van der Waals surface area contributed by atoms with Crippen LogP contribution in [-0.2, 0) is 0 Å². The topological polar surface area (TPSA) is 20.2 Å². The normalized spacial score (nSPS) is 8.44. The fourth-order valence-corrected chi connectivity index (χ4v) is 0.878. The van der Waals surface area contributed by atoms with Crippen molar-refractivity contribution in [1.29, 1.82) is 0 Å². The van der Waals surface area contributed by atoms with Crippen LogP contribution in [0.1, 0.15) is 0 Å². The third kappa shape index (κ3) is 2.71. The van der Waals surface area contributed by atoms with Gasteiger partial charge in [-0.3, -0.25) is 0 Å². The van der Waals surface area contributed by atoms with Gasteiger partial charge in [-0.15, -0.1) is 0 Å². The Kier molecular flexibility index (Phi) is 3.63. The first kappa shape index (κ1) is 8.77. The molecule has 1 aromatic rings. The summed E-state index contributed by atoms with van der Waals surface area (Å²) in [6, 6.07) is 7.29. The highest BCUT2D eigenvalue weighted by molar-refractivity contribution is 6.32. The van der Waals surface area contributed by atoms with Crippen LogP contribution < -0.4 is 5.19 Å². The number of phenolic OH excluding ortho intramolecular Hbond substituents is 1. The third-order valence-corrected chi connectivity index (χ3v) is 1.70. The van der Waals surface area contributed by atoms with Crippen LogP contribution in [0.25, 0.3) is 0 Å². The summed E-state index contributed by atoms with van der Waals surface area (Å²) in [5.74, 6) is 0.351. The van der Waals surface area contributed by atoms with Crippen LogP contribution in [0.2, 0.25) is 0 Å². The predicted octanol–water partition coefficient (Wildman–Crippen LogP) is -1.80. The van der Waals surface area contributed by atoms with Crippen molar-refractivity contribution in [3.05, 3.63) is 24.3 Å². The molecule has 0 fully saturated rings. The van der Waals surface area contributed by atoms with E-state index in [0.717, 1.165) is 10.2 Å². The number of hydrogen-bond donors (Lipinski definition) is 1. The Morgan fingerprint density at radius 1 is 1.11 bits per heavy atom. The number of benzene rings is 1. The first-order valence-corrected chi connectivity index (χ1v) is 3.54. The zero-order valence-corrected chi connectivity index (χ0v) is 6.76. The summed E-state index contributed by atoms with van der Waals surface area (Å²) >= 11 is 0. The van der Waals surface area contributed by atoms with Gasteiger partial charge >= 0.3 is 0 Å². The van der Waals surface area contributed by atoms with Crippen LogP contribution in [0, 0.1) is 0 Å². The second-order valence-corrected chi connectivity index (χ2v) is 2.99. The Labute approximate surface area is 68.3 Å². The molecule has 1 aromatic carbocycles. The fraction of sp³-hybridized carbons (Fsp3) is 0. The molecule has 9 heavy (non-hydrogen) atoms. The van der Waals surface area contributed by atoms with Gasteiger partial charge in [-0.2, -0.15) is 0 Å². The molecule has 0 unspecified atom stereocenters. The zero-order valence-electron chi connectivity index (χ0n) is 4.76. The molecular weight excluding hydrogens is 143 g/mol. The van der Waals surface area contributed by atoms with Gasteiger partial charge in [0.25, 0.3) is 0 Å². The lowest BCUT2D eigenvalue weighted by Crippen LogP contribution is -1.97. The molecule has 0 radical (unpaired) electrons. The van der Waals surface area contributed by atoms with Crippen LogP contribution in [-0.4, -0.2) is 32.7 Å². The monoisotopic (exact) mass is 154 g/mol. The van der Waals surface area contributed by atoms with Crippen LogP contribution in [0.3, 0.4) is 0 Å². The van der Waals surface area contributed by atoms with E-state index in [4.69, 9.17) is 5.11 Å². The van der Waals surface area contributed by atoms with Crippen LogP contribution in [0.15, 0.2) is 24.3 Å². The number of hydrogen-bond acceptors (Lipinski definition) is 1. The van der Waals surface area contributed by atoms with E-state index in [0.29, 0.717) is 5.75 Å².